The smallest absolute Gasteiger partial charge is 0.231 e. The minimum Gasteiger partial charge on any atom is -0.317 e. The summed E-state index contributed by atoms with van der Waals surface area (Å²) < 4.78 is 13.1. The number of halogens is 1. The Hall–Kier alpha value is -1.42. The minimum absolute atomic E-state index is 0.106. The maximum Gasteiger partial charge on any atom is 0.231 e. The van der Waals surface area contributed by atoms with Gasteiger partial charge in [-0.15, -0.1) is 0 Å². The van der Waals surface area contributed by atoms with Crippen LogP contribution in [0.25, 0.3) is 0 Å². The fraction of sp³-hybridized carbons (Fsp3) is 0.500. The lowest BCUT2D eigenvalue weighted by atomic mass is 9.97. The van der Waals surface area contributed by atoms with Gasteiger partial charge in [0.05, 0.1) is 6.42 Å². The van der Waals surface area contributed by atoms with E-state index in [0.29, 0.717) is 12.3 Å². The van der Waals surface area contributed by atoms with Crippen LogP contribution in [0.1, 0.15) is 18.4 Å². The molecular weight excluding hydrogens is 231 g/mol. The standard InChI is InChI=1S/C14H17FN2O/c15-12-1-2-13-11(7-12)8-14(18)17(13)9-10-3-5-16-6-4-10/h1-2,7,10,16H,3-6,8-9H2. The molecule has 1 aromatic rings. The third-order valence-electron chi connectivity index (χ3n) is 3.87. The van der Waals surface area contributed by atoms with Gasteiger partial charge >= 0.3 is 0 Å². The number of hydrogen-bond donors (Lipinski definition) is 1. The van der Waals surface area contributed by atoms with Crippen LogP contribution in [0.4, 0.5) is 10.1 Å². The van der Waals surface area contributed by atoms with Crippen LogP contribution < -0.4 is 10.2 Å². The summed E-state index contributed by atoms with van der Waals surface area (Å²) in [5.41, 5.74) is 1.73. The second kappa shape index (κ2) is 4.69. The molecule has 2 aliphatic rings. The van der Waals surface area contributed by atoms with Gasteiger partial charge in [0, 0.05) is 12.2 Å². The van der Waals surface area contributed by atoms with Gasteiger partial charge in [0.15, 0.2) is 0 Å². The van der Waals surface area contributed by atoms with Crippen LogP contribution in [-0.4, -0.2) is 25.5 Å². The molecule has 0 saturated carbocycles. The number of nitrogens with zero attached hydrogens (tertiary/aromatic N) is 1. The zero-order chi connectivity index (χ0) is 12.5. The Morgan fingerprint density at radius 3 is 2.89 bits per heavy atom. The summed E-state index contributed by atoms with van der Waals surface area (Å²) in [6.45, 7) is 2.84. The van der Waals surface area contributed by atoms with Gasteiger partial charge in [0.2, 0.25) is 5.91 Å². The van der Waals surface area contributed by atoms with E-state index in [2.05, 4.69) is 5.32 Å². The van der Waals surface area contributed by atoms with Gasteiger partial charge in [0.1, 0.15) is 5.82 Å². The highest BCUT2D eigenvalue weighted by Crippen LogP contribution is 2.31. The van der Waals surface area contributed by atoms with Crippen LogP contribution in [0.2, 0.25) is 0 Å². The highest BCUT2D eigenvalue weighted by atomic mass is 19.1. The van der Waals surface area contributed by atoms with Crippen molar-refractivity contribution in [1.82, 2.24) is 5.32 Å². The molecule has 3 nitrogen and oxygen atoms in total. The summed E-state index contributed by atoms with van der Waals surface area (Å²) in [5.74, 6) is 0.408. The zero-order valence-corrected chi connectivity index (χ0v) is 10.3. The van der Waals surface area contributed by atoms with Crippen LogP contribution >= 0.6 is 0 Å². The Morgan fingerprint density at radius 2 is 2.11 bits per heavy atom. The molecule has 2 heterocycles. The van der Waals surface area contributed by atoms with Crippen LogP contribution in [0, 0.1) is 11.7 Å². The van der Waals surface area contributed by atoms with Crippen LogP contribution in [0.5, 0.6) is 0 Å². The number of fused-ring (bicyclic) bond motifs is 1. The first-order chi connectivity index (χ1) is 8.74. The van der Waals surface area contributed by atoms with Crippen molar-refractivity contribution in [2.75, 3.05) is 24.5 Å². The van der Waals surface area contributed by atoms with E-state index in [1.165, 1.54) is 12.1 Å². The number of hydrogen-bond acceptors (Lipinski definition) is 2. The molecule has 0 spiro atoms. The van der Waals surface area contributed by atoms with Gasteiger partial charge in [-0.25, -0.2) is 4.39 Å². The Bertz CT molecular complexity index is 469. The molecule has 18 heavy (non-hydrogen) atoms. The van der Waals surface area contributed by atoms with E-state index in [9.17, 15) is 9.18 Å². The number of piperidine rings is 1. The van der Waals surface area contributed by atoms with Gasteiger partial charge in [-0.3, -0.25) is 4.79 Å². The molecule has 1 saturated heterocycles. The predicted molar refractivity (Wildman–Crippen MR) is 68.1 cm³/mol. The number of benzene rings is 1. The third-order valence-corrected chi connectivity index (χ3v) is 3.87. The maximum absolute atomic E-state index is 13.1. The van der Waals surface area contributed by atoms with E-state index in [4.69, 9.17) is 0 Å². The van der Waals surface area contributed by atoms with Crippen LogP contribution in [0.15, 0.2) is 18.2 Å². The molecule has 0 aromatic heterocycles. The number of carbonyl (C=O) groups excluding carboxylic acids is 1. The lowest BCUT2D eigenvalue weighted by Crippen LogP contribution is -2.37. The van der Waals surface area contributed by atoms with Crippen molar-refractivity contribution in [3.63, 3.8) is 0 Å². The summed E-state index contributed by atoms with van der Waals surface area (Å²) >= 11 is 0. The van der Waals surface area contributed by atoms with Crippen molar-refractivity contribution < 1.29 is 9.18 Å². The largest absolute Gasteiger partial charge is 0.317 e. The number of rotatable bonds is 2. The molecule has 0 unspecified atom stereocenters. The average molecular weight is 248 g/mol. The van der Waals surface area contributed by atoms with Crippen LogP contribution in [-0.2, 0) is 11.2 Å². The second-order valence-electron chi connectivity index (χ2n) is 5.15. The third kappa shape index (κ3) is 2.12. The molecule has 1 N–H and O–H groups in total. The van der Waals surface area contributed by atoms with Crippen molar-refractivity contribution in [1.29, 1.82) is 0 Å². The van der Waals surface area contributed by atoms with Gasteiger partial charge in [-0.2, -0.15) is 0 Å². The Morgan fingerprint density at radius 1 is 1.33 bits per heavy atom. The monoisotopic (exact) mass is 248 g/mol. The van der Waals surface area contributed by atoms with E-state index < -0.39 is 0 Å². The molecule has 2 aliphatic heterocycles. The Kier molecular flexibility index (Phi) is 3.04. The number of anilines is 1. The summed E-state index contributed by atoms with van der Waals surface area (Å²) in [6, 6.07) is 4.65. The molecule has 1 fully saturated rings. The molecule has 96 valence electrons. The zero-order valence-electron chi connectivity index (χ0n) is 10.3. The molecule has 0 radical (unpaired) electrons. The topological polar surface area (TPSA) is 32.3 Å². The summed E-state index contributed by atoms with van der Waals surface area (Å²) in [4.78, 5) is 13.8. The van der Waals surface area contributed by atoms with Crippen molar-refractivity contribution in [2.24, 2.45) is 5.92 Å². The first-order valence-electron chi connectivity index (χ1n) is 6.53. The molecular formula is C14H17FN2O. The van der Waals surface area contributed by atoms with Crippen molar-refractivity contribution in [3.8, 4) is 0 Å². The molecule has 1 amide bonds. The predicted octanol–water partition coefficient (Wildman–Crippen LogP) is 1.71. The Labute approximate surface area is 106 Å². The maximum atomic E-state index is 13.1. The van der Waals surface area contributed by atoms with Crippen molar-refractivity contribution in [3.05, 3.63) is 29.6 Å². The molecule has 3 rings (SSSR count). The van der Waals surface area contributed by atoms with E-state index in [-0.39, 0.29) is 11.7 Å². The summed E-state index contributed by atoms with van der Waals surface area (Å²) in [7, 11) is 0. The Balaban J connectivity index is 1.78. The lowest BCUT2D eigenvalue weighted by Gasteiger charge is -2.27. The number of amides is 1. The summed E-state index contributed by atoms with van der Waals surface area (Å²) in [6.07, 6.45) is 2.57. The first kappa shape index (κ1) is 11.7. The van der Waals surface area contributed by atoms with Gasteiger partial charge in [-0.1, -0.05) is 0 Å². The van der Waals surface area contributed by atoms with Crippen molar-refractivity contribution >= 4 is 11.6 Å². The number of carbonyl (C=O) groups is 1. The lowest BCUT2D eigenvalue weighted by molar-refractivity contribution is -0.117. The summed E-state index contributed by atoms with van der Waals surface area (Å²) in [5, 5.41) is 3.32. The van der Waals surface area contributed by atoms with Gasteiger partial charge < -0.3 is 10.2 Å². The molecule has 0 aliphatic carbocycles. The molecule has 0 atom stereocenters. The molecule has 4 heteroatoms. The molecule has 1 aromatic carbocycles. The van der Waals surface area contributed by atoms with Crippen molar-refractivity contribution in [2.45, 2.75) is 19.3 Å². The highest BCUT2D eigenvalue weighted by Gasteiger charge is 2.29. The van der Waals surface area contributed by atoms with E-state index in [1.54, 1.807) is 6.07 Å². The minimum atomic E-state index is -0.259. The SMILES string of the molecule is O=C1Cc2cc(F)ccc2N1CC1CCNCC1. The van der Waals surface area contributed by atoms with Gasteiger partial charge in [-0.05, 0) is 55.6 Å². The van der Waals surface area contributed by atoms with Crippen LogP contribution in [0.3, 0.4) is 0 Å². The quantitative estimate of drug-likeness (QED) is 0.864. The van der Waals surface area contributed by atoms with E-state index in [0.717, 1.165) is 43.7 Å². The normalized spacial score (nSPS) is 20.3. The highest BCUT2D eigenvalue weighted by molar-refractivity contribution is 6.01. The van der Waals surface area contributed by atoms with E-state index in [1.807, 2.05) is 4.90 Å². The fourth-order valence-electron chi connectivity index (χ4n) is 2.87. The fourth-order valence-corrected chi connectivity index (χ4v) is 2.87. The second-order valence-corrected chi connectivity index (χ2v) is 5.15. The number of nitrogens with one attached hydrogen (secondary N) is 1. The molecule has 0 bridgehead atoms. The average Bonchev–Trinajstić information content (AvgIpc) is 2.66. The van der Waals surface area contributed by atoms with E-state index >= 15 is 0 Å². The first-order valence-corrected chi connectivity index (χ1v) is 6.53. The van der Waals surface area contributed by atoms with Gasteiger partial charge in [0.25, 0.3) is 0 Å².